The molecule has 0 fully saturated rings. The fourth-order valence-electron chi connectivity index (χ4n) is 3.06. The molecule has 4 aromatic rings. The summed E-state index contributed by atoms with van der Waals surface area (Å²) in [5.74, 6) is 1.05. The molecule has 1 N–H and O–H groups in total. The molecular formula is C22H20FN5O3. The third-order valence-corrected chi connectivity index (χ3v) is 4.56. The number of carbonyl (C=O) groups is 1. The van der Waals surface area contributed by atoms with Crippen molar-refractivity contribution in [3.05, 3.63) is 72.0 Å². The zero-order valence-electron chi connectivity index (χ0n) is 16.8. The number of para-hydroxylation sites is 1. The van der Waals surface area contributed by atoms with Gasteiger partial charge in [-0.05, 0) is 36.4 Å². The first-order valence-electron chi connectivity index (χ1n) is 9.64. The first-order chi connectivity index (χ1) is 15.1. The van der Waals surface area contributed by atoms with Crippen molar-refractivity contribution in [2.24, 2.45) is 0 Å². The van der Waals surface area contributed by atoms with Crippen molar-refractivity contribution in [2.75, 3.05) is 20.3 Å². The Hall–Kier alpha value is -4.01. The second-order valence-corrected chi connectivity index (χ2v) is 6.66. The number of halogens is 1. The molecule has 0 bridgehead atoms. The Kier molecular flexibility index (Phi) is 6.02. The molecule has 2 aromatic heterocycles. The summed E-state index contributed by atoms with van der Waals surface area (Å²) in [6.07, 6.45) is 0.218. The highest BCUT2D eigenvalue weighted by Gasteiger charge is 2.11. The molecule has 2 heterocycles. The lowest BCUT2D eigenvalue weighted by atomic mass is 10.1. The normalized spacial score (nSPS) is 10.8. The molecule has 31 heavy (non-hydrogen) atoms. The quantitative estimate of drug-likeness (QED) is 0.440. The molecule has 8 nitrogen and oxygen atoms in total. The maximum Gasteiger partial charge on any atom is 0.231 e. The Morgan fingerprint density at radius 1 is 1.06 bits per heavy atom. The number of nitrogens with zero attached hydrogens (tertiary/aromatic N) is 4. The molecule has 0 aliphatic rings. The zero-order valence-corrected chi connectivity index (χ0v) is 16.8. The van der Waals surface area contributed by atoms with Crippen LogP contribution in [0.25, 0.3) is 17.0 Å². The van der Waals surface area contributed by atoms with Gasteiger partial charge in [0.2, 0.25) is 11.8 Å². The lowest BCUT2D eigenvalue weighted by Crippen LogP contribution is -2.29. The Balaban J connectivity index is 1.34. The molecule has 0 radical (unpaired) electrons. The summed E-state index contributed by atoms with van der Waals surface area (Å²) < 4.78 is 25.6. The second kappa shape index (κ2) is 9.21. The van der Waals surface area contributed by atoms with Crippen molar-refractivity contribution in [1.29, 1.82) is 0 Å². The standard InChI is InChI=1S/C22H20FN5O3/c1-30-18-5-3-2-4-16(18)14-20(29)24-12-13-31-21-11-10-19-25-26-22(28(19)27-21)15-6-8-17(23)9-7-15/h2-11H,12-14H2,1H3,(H,24,29). The van der Waals surface area contributed by atoms with Gasteiger partial charge in [0.25, 0.3) is 0 Å². The van der Waals surface area contributed by atoms with E-state index in [2.05, 4.69) is 20.6 Å². The first kappa shape index (κ1) is 20.3. The van der Waals surface area contributed by atoms with Gasteiger partial charge in [0.05, 0.1) is 20.1 Å². The van der Waals surface area contributed by atoms with Crippen LogP contribution in [0.4, 0.5) is 4.39 Å². The summed E-state index contributed by atoms with van der Waals surface area (Å²) >= 11 is 0. The summed E-state index contributed by atoms with van der Waals surface area (Å²) in [5, 5.41) is 15.4. The van der Waals surface area contributed by atoms with E-state index in [1.165, 1.54) is 16.6 Å². The highest BCUT2D eigenvalue weighted by molar-refractivity contribution is 5.79. The third-order valence-electron chi connectivity index (χ3n) is 4.56. The molecule has 0 saturated heterocycles. The number of aromatic nitrogens is 4. The van der Waals surface area contributed by atoms with Gasteiger partial charge in [0.15, 0.2) is 11.5 Å². The number of hydrogen-bond acceptors (Lipinski definition) is 6. The van der Waals surface area contributed by atoms with Crippen molar-refractivity contribution in [3.8, 4) is 23.0 Å². The second-order valence-electron chi connectivity index (χ2n) is 6.66. The van der Waals surface area contributed by atoms with Crippen molar-refractivity contribution >= 4 is 11.6 Å². The molecule has 1 amide bonds. The Morgan fingerprint density at radius 2 is 1.87 bits per heavy atom. The van der Waals surface area contributed by atoms with Crippen LogP contribution < -0.4 is 14.8 Å². The molecule has 9 heteroatoms. The largest absolute Gasteiger partial charge is 0.496 e. The van der Waals surface area contributed by atoms with Gasteiger partial charge in [-0.1, -0.05) is 18.2 Å². The van der Waals surface area contributed by atoms with Crippen molar-refractivity contribution < 1.29 is 18.7 Å². The van der Waals surface area contributed by atoms with E-state index in [9.17, 15) is 9.18 Å². The van der Waals surface area contributed by atoms with Gasteiger partial charge in [-0.2, -0.15) is 4.52 Å². The Bertz CT molecular complexity index is 1190. The predicted octanol–water partition coefficient (Wildman–Crippen LogP) is 2.68. The molecule has 2 aromatic carbocycles. The molecule has 0 aliphatic heterocycles. The van der Waals surface area contributed by atoms with Crippen LogP contribution in [-0.2, 0) is 11.2 Å². The van der Waals surface area contributed by atoms with Crippen LogP contribution in [0.5, 0.6) is 11.6 Å². The van der Waals surface area contributed by atoms with Crippen LogP contribution in [0.2, 0.25) is 0 Å². The van der Waals surface area contributed by atoms with Crippen LogP contribution in [0.15, 0.2) is 60.7 Å². The average Bonchev–Trinajstić information content (AvgIpc) is 3.21. The van der Waals surface area contributed by atoms with Gasteiger partial charge < -0.3 is 14.8 Å². The molecule has 0 atom stereocenters. The number of nitrogens with one attached hydrogen (secondary N) is 1. The van der Waals surface area contributed by atoms with E-state index in [4.69, 9.17) is 9.47 Å². The number of amides is 1. The van der Waals surface area contributed by atoms with E-state index in [1.807, 2.05) is 24.3 Å². The summed E-state index contributed by atoms with van der Waals surface area (Å²) in [7, 11) is 1.58. The van der Waals surface area contributed by atoms with Gasteiger partial charge in [-0.15, -0.1) is 15.3 Å². The molecular weight excluding hydrogens is 401 g/mol. The van der Waals surface area contributed by atoms with Crippen molar-refractivity contribution in [2.45, 2.75) is 6.42 Å². The smallest absolute Gasteiger partial charge is 0.231 e. The summed E-state index contributed by atoms with van der Waals surface area (Å²) in [5.41, 5.74) is 2.04. The SMILES string of the molecule is COc1ccccc1CC(=O)NCCOc1ccc2nnc(-c3ccc(F)cc3)n2n1. The molecule has 0 aliphatic carbocycles. The maximum atomic E-state index is 13.2. The van der Waals surface area contributed by atoms with Crippen LogP contribution in [0, 0.1) is 5.82 Å². The maximum absolute atomic E-state index is 13.2. The lowest BCUT2D eigenvalue weighted by molar-refractivity contribution is -0.120. The van der Waals surface area contributed by atoms with Crippen LogP contribution in [-0.4, -0.2) is 46.0 Å². The summed E-state index contributed by atoms with van der Waals surface area (Å²) in [6.45, 7) is 0.560. The highest BCUT2D eigenvalue weighted by atomic mass is 19.1. The minimum absolute atomic E-state index is 0.131. The van der Waals surface area contributed by atoms with Crippen molar-refractivity contribution in [3.63, 3.8) is 0 Å². The highest BCUT2D eigenvalue weighted by Crippen LogP contribution is 2.19. The Morgan fingerprint density at radius 3 is 2.68 bits per heavy atom. The topological polar surface area (TPSA) is 90.6 Å². The van der Waals surface area contributed by atoms with Gasteiger partial charge in [0.1, 0.15) is 18.2 Å². The monoisotopic (exact) mass is 421 g/mol. The van der Waals surface area contributed by atoms with Gasteiger partial charge in [-0.3, -0.25) is 4.79 Å². The number of rotatable bonds is 8. The number of ether oxygens (including phenoxy) is 2. The van der Waals surface area contributed by atoms with Crippen LogP contribution in [0.1, 0.15) is 5.56 Å². The van der Waals surface area contributed by atoms with E-state index in [1.54, 1.807) is 31.4 Å². The number of carbonyl (C=O) groups excluding carboxylic acids is 1. The third kappa shape index (κ3) is 4.77. The van der Waals surface area contributed by atoms with E-state index in [0.29, 0.717) is 35.2 Å². The number of fused-ring (bicyclic) bond motifs is 1. The fourth-order valence-corrected chi connectivity index (χ4v) is 3.06. The van der Waals surface area contributed by atoms with Crippen LogP contribution in [0.3, 0.4) is 0 Å². The Labute approximate surface area is 177 Å². The first-order valence-corrected chi connectivity index (χ1v) is 9.64. The molecule has 0 saturated carbocycles. The van der Waals surface area contributed by atoms with Crippen molar-refractivity contribution in [1.82, 2.24) is 25.1 Å². The minimum atomic E-state index is -0.331. The van der Waals surface area contributed by atoms with E-state index in [0.717, 1.165) is 5.56 Å². The average molecular weight is 421 g/mol. The van der Waals surface area contributed by atoms with E-state index < -0.39 is 0 Å². The molecule has 0 spiro atoms. The lowest BCUT2D eigenvalue weighted by Gasteiger charge is -2.09. The van der Waals surface area contributed by atoms with Gasteiger partial charge in [0, 0.05) is 17.2 Å². The summed E-state index contributed by atoms with van der Waals surface area (Å²) in [4.78, 5) is 12.2. The van der Waals surface area contributed by atoms with E-state index in [-0.39, 0.29) is 24.8 Å². The molecule has 158 valence electrons. The zero-order chi connectivity index (χ0) is 21.6. The minimum Gasteiger partial charge on any atom is -0.496 e. The van der Waals surface area contributed by atoms with E-state index >= 15 is 0 Å². The van der Waals surface area contributed by atoms with Crippen LogP contribution >= 0.6 is 0 Å². The molecule has 0 unspecified atom stereocenters. The van der Waals surface area contributed by atoms with Gasteiger partial charge >= 0.3 is 0 Å². The fraction of sp³-hybridized carbons (Fsp3) is 0.182. The summed E-state index contributed by atoms with van der Waals surface area (Å²) in [6, 6.07) is 16.7. The number of benzene rings is 2. The molecule has 4 rings (SSSR count). The van der Waals surface area contributed by atoms with Gasteiger partial charge in [-0.25, -0.2) is 4.39 Å². The number of methoxy groups -OCH3 is 1. The predicted molar refractivity (Wildman–Crippen MR) is 111 cm³/mol. The number of hydrogen-bond donors (Lipinski definition) is 1.